The second-order valence-electron chi connectivity index (χ2n) is 5.64. The average molecular weight is 351 g/mol. The molecule has 0 radical (unpaired) electrons. The van der Waals surface area contributed by atoms with E-state index in [1.165, 1.54) is 6.07 Å². The molecule has 2 N–H and O–H groups in total. The van der Waals surface area contributed by atoms with Crippen molar-refractivity contribution in [3.8, 4) is 11.5 Å². The van der Waals surface area contributed by atoms with E-state index >= 15 is 0 Å². The minimum atomic E-state index is -1.00. The zero-order valence-electron chi connectivity index (χ0n) is 14.4. The standard InChI is InChI=1S/C18H20F2N2O3/c1-22(10-12-5-4-6-16(24-2)18(12)25-3)11-17(23)21-13-7-8-14(19)15(20)9-13/h4-9H,10-11H2,1-3H3,(H,21,23)/p+1. The van der Waals surface area contributed by atoms with Crippen LogP contribution in [0.3, 0.4) is 0 Å². The van der Waals surface area contributed by atoms with Crippen LogP contribution in [0.1, 0.15) is 5.56 Å². The molecule has 2 rings (SSSR count). The zero-order valence-corrected chi connectivity index (χ0v) is 14.4. The predicted molar refractivity (Wildman–Crippen MR) is 90.0 cm³/mol. The van der Waals surface area contributed by atoms with E-state index in [0.29, 0.717) is 18.0 Å². The maximum absolute atomic E-state index is 13.2. The lowest BCUT2D eigenvalue weighted by Crippen LogP contribution is -3.08. The smallest absolute Gasteiger partial charge is 0.279 e. The van der Waals surface area contributed by atoms with Crippen LogP contribution in [-0.4, -0.2) is 33.7 Å². The number of quaternary nitrogens is 1. The van der Waals surface area contributed by atoms with Crippen LogP contribution in [0.15, 0.2) is 36.4 Å². The van der Waals surface area contributed by atoms with Crippen molar-refractivity contribution in [1.29, 1.82) is 0 Å². The molecular weight excluding hydrogens is 330 g/mol. The van der Waals surface area contributed by atoms with Crippen LogP contribution >= 0.6 is 0 Å². The highest BCUT2D eigenvalue weighted by Crippen LogP contribution is 2.30. The molecule has 2 aromatic rings. The van der Waals surface area contributed by atoms with Crippen molar-refractivity contribution in [2.45, 2.75) is 6.54 Å². The van der Waals surface area contributed by atoms with Gasteiger partial charge < -0.3 is 19.7 Å². The molecule has 0 aliphatic rings. The van der Waals surface area contributed by atoms with Crippen molar-refractivity contribution in [3.63, 3.8) is 0 Å². The number of carbonyl (C=O) groups is 1. The molecule has 1 atom stereocenters. The number of hydrogen-bond donors (Lipinski definition) is 2. The summed E-state index contributed by atoms with van der Waals surface area (Å²) >= 11 is 0. The molecule has 2 aromatic carbocycles. The average Bonchev–Trinajstić information content (AvgIpc) is 2.57. The molecule has 0 heterocycles. The molecule has 0 saturated carbocycles. The number of ether oxygens (including phenoxy) is 2. The number of anilines is 1. The van der Waals surface area contributed by atoms with E-state index in [-0.39, 0.29) is 18.1 Å². The van der Waals surface area contributed by atoms with Crippen molar-refractivity contribution < 1.29 is 27.9 Å². The minimum Gasteiger partial charge on any atom is -0.493 e. The number of hydrogen-bond acceptors (Lipinski definition) is 3. The number of methoxy groups -OCH3 is 2. The first-order chi connectivity index (χ1) is 11.9. The number of benzene rings is 2. The van der Waals surface area contributed by atoms with Crippen LogP contribution in [0.4, 0.5) is 14.5 Å². The second kappa shape index (κ2) is 8.43. The number of nitrogens with one attached hydrogen (secondary N) is 2. The zero-order chi connectivity index (χ0) is 18.4. The van der Waals surface area contributed by atoms with Gasteiger partial charge in [0.15, 0.2) is 29.7 Å². The third kappa shape index (κ3) is 4.90. The summed E-state index contributed by atoms with van der Waals surface area (Å²) in [6.07, 6.45) is 0. The number of likely N-dealkylation sites (N-methyl/N-ethyl adjacent to an activating group) is 1. The van der Waals surface area contributed by atoms with Crippen LogP contribution < -0.4 is 19.7 Å². The summed E-state index contributed by atoms with van der Waals surface area (Å²) in [7, 11) is 4.98. The van der Waals surface area contributed by atoms with Crippen molar-refractivity contribution in [3.05, 3.63) is 53.6 Å². The van der Waals surface area contributed by atoms with Crippen LogP contribution in [0.25, 0.3) is 0 Å². The van der Waals surface area contributed by atoms with Crippen molar-refractivity contribution in [2.24, 2.45) is 0 Å². The molecule has 7 heteroatoms. The fraction of sp³-hybridized carbons (Fsp3) is 0.278. The largest absolute Gasteiger partial charge is 0.493 e. The van der Waals surface area contributed by atoms with Crippen molar-refractivity contribution >= 4 is 11.6 Å². The SMILES string of the molecule is COc1cccc(C[NH+](C)CC(=O)Nc2ccc(F)c(F)c2)c1OC. The van der Waals surface area contributed by atoms with Gasteiger partial charge in [0.1, 0.15) is 6.54 Å². The number of amides is 1. The van der Waals surface area contributed by atoms with Gasteiger partial charge in [-0.3, -0.25) is 4.79 Å². The molecule has 1 unspecified atom stereocenters. The molecule has 0 aromatic heterocycles. The summed E-state index contributed by atoms with van der Waals surface area (Å²) < 4.78 is 36.7. The van der Waals surface area contributed by atoms with E-state index in [1.54, 1.807) is 20.3 Å². The van der Waals surface area contributed by atoms with Gasteiger partial charge in [0.05, 0.1) is 26.8 Å². The third-order valence-corrected chi connectivity index (χ3v) is 3.64. The molecule has 0 bridgehead atoms. The van der Waals surface area contributed by atoms with Gasteiger partial charge in [0.2, 0.25) is 0 Å². The van der Waals surface area contributed by atoms with Crippen molar-refractivity contribution in [2.75, 3.05) is 33.1 Å². The van der Waals surface area contributed by atoms with Gasteiger partial charge in [-0.05, 0) is 24.3 Å². The number of para-hydroxylation sites is 1. The Morgan fingerprint density at radius 1 is 1.12 bits per heavy atom. The molecule has 0 saturated heterocycles. The lowest BCUT2D eigenvalue weighted by Gasteiger charge is -2.17. The fourth-order valence-electron chi connectivity index (χ4n) is 2.53. The predicted octanol–water partition coefficient (Wildman–Crippen LogP) is 1.64. The second-order valence-corrected chi connectivity index (χ2v) is 5.64. The first-order valence-corrected chi connectivity index (χ1v) is 7.70. The van der Waals surface area contributed by atoms with Crippen LogP contribution in [0.5, 0.6) is 11.5 Å². The number of carbonyl (C=O) groups excluding carboxylic acids is 1. The molecular formula is C18H21F2N2O3+. The maximum Gasteiger partial charge on any atom is 0.279 e. The Kier molecular flexibility index (Phi) is 6.30. The Bertz CT molecular complexity index is 753. The van der Waals surface area contributed by atoms with Gasteiger partial charge in [-0.15, -0.1) is 0 Å². The number of halogens is 2. The molecule has 0 fully saturated rings. The first-order valence-electron chi connectivity index (χ1n) is 7.70. The van der Waals surface area contributed by atoms with Crippen LogP contribution in [0.2, 0.25) is 0 Å². The summed E-state index contributed by atoms with van der Waals surface area (Å²) in [6, 6.07) is 8.80. The monoisotopic (exact) mass is 351 g/mol. The summed E-state index contributed by atoms with van der Waals surface area (Å²) in [5, 5.41) is 2.56. The Labute approximate surface area is 145 Å². The van der Waals surface area contributed by atoms with Gasteiger partial charge >= 0.3 is 0 Å². The van der Waals surface area contributed by atoms with Crippen LogP contribution in [-0.2, 0) is 11.3 Å². The summed E-state index contributed by atoms with van der Waals surface area (Å²) in [5.41, 5.74) is 1.12. The topological polar surface area (TPSA) is 52.0 Å². The molecule has 0 aliphatic carbocycles. The third-order valence-electron chi connectivity index (χ3n) is 3.64. The maximum atomic E-state index is 13.2. The Morgan fingerprint density at radius 2 is 1.88 bits per heavy atom. The highest BCUT2D eigenvalue weighted by molar-refractivity contribution is 5.91. The molecule has 0 spiro atoms. The summed E-state index contributed by atoms with van der Waals surface area (Å²) in [4.78, 5) is 13.0. The molecule has 1 amide bonds. The molecule has 5 nitrogen and oxygen atoms in total. The van der Waals surface area contributed by atoms with E-state index in [2.05, 4.69) is 5.32 Å². The molecule has 134 valence electrons. The quantitative estimate of drug-likeness (QED) is 0.797. The van der Waals surface area contributed by atoms with E-state index in [0.717, 1.165) is 22.6 Å². The van der Waals surface area contributed by atoms with E-state index in [9.17, 15) is 13.6 Å². The highest BCUT2D eigenvalue weighted by atomic mass is 19.2. The Balaban J connectivity index is 1.99. The van der Waals surface area contributed by atoms with E-state index in [4.69, 9.17) is 9.47 Å². The normalized spacial score (nSPS) is 11.7. The van der Waals surface area contributed by atoms with Crippen molar-refractivity contribution in [1.82, 2.24) is 0 Å². The Hall–Kier alpha value is -2.67. The fourth-order valence-corrected chi connectivity index (χ4v) is 2.53. The first kappa shape index (κ1) is 18.7. The molecule has 25 heavy (non-hydrogen) atoms. The van der Waals surface area contributed by atoms with Gasteiger partial charge in [-0.2, -0.15) is 0 Å². The highest BCUT2D eigenvalue weighted by Gasteiger charge is 2.16. The van der Waals surface area contributed by atoms with E-state index < -0.39 is 11.6 Å². The van der Waals surface area contributed by atoms with Gasteiger partial charge in [0.25, 0.3) is 5.91 Å². The van der Waals surface area contributed by atoms with Crippen LogP contribution in [0, 0.1) is 11.6 Å². The van der Waals surface area contributed by atoms with Gasteiger partial charge in [-0.1, -0.05) is 6.07 Å². The van der Waals surface area contributed by atoms with Gasteiger partial charge in [0, 0.05) is 11.8 Å². The minimum absolute atomic E-state index is 0.152. The van der Waals surface area contributed by atoms with E-state index in [1.807, 2.05) is 19.2 Å². The Morgan fingerprint density at radius 3 is 2.52 bits per heavy atom. The molecule has 0 aliphatic heterocycles. The lowest BCUT2D eigenvalue weighted by atomic mass is 10.1. The summed E-state index contributed by atoms with van der Waals surface area (Å²) in [6.45, 7) is 0.685. The number of rotatable bonds is 7. The summed E-state index contributed by atoms with van der Waals surface area (Å²) in [5.74, 6) is -1.000. The lowest BCUT2D eigenvalue weighted by molar-refractivity contribution is -0.885. The van der Waals surface area contributed by atoms with Gasteiger partial charge in [-0.25, -0.2) is 8.78 Å².